The number of carbonyl (C=O) groups excluding carboxylic acids is 1. The van der Waals surface area contributed by atoms with Crippen LogP contribution in [0.1, 0.15) is 12.5 Å². The second-order valence-corrected chi connectivity index (χ2v) is 5.58. The molecule has 0 heterocycles. The van der Waals surface area contributed by atoms with E-state index in [9.17, 15) is 4.79 Å². The molecular weight excluding hydrogens is 290 g/mol. The van der Waals surface area contributed by atoms with Crippen molar-refractivity contribution in [3.63, 3.8) is 0 Å². The van der Waals surface area contributed by atoms with E-state index in [1.54, 1.807) is 0 Å². The Bertz CT molecular complexity index is 586. The summed E-state index contributed by atoms with van der Waals surface area (Å²) >= 11 is 0. The molecule has 4 heteroatoms. The summed E-state index contributed by atoms with van der Waals surface area (Å²) in [6, 6.07) is 19.5. The van der Waals surface area contributed by atoms with Gasteiger partial charge in [0.1, 0.15) is 11.9 Å². The lowest BCUT2D eigenvalue weighted by molar-refractivity contribution is -0.151. The molecule has 23 heavy (non-hydrogen) atoms. The topological polar surface area (TPSA) is 38.8 Å². The Kier molecular flexibility index (Phi) is 6.63. The maximum Gasteiger partial charge on any atom is 0.344 e. The fourth-order valence-electron chi connectivity index (χ4n) is 2.35. The molecule has 0 unspecified atom stereocenters. The molecule has 0 aromatic heterocycles. The molecule has 0 aliphatic rings. The van der Waals surface area contributed by atoms with Gasteiger partial charge in [0.2, 0.25) is 0 Å². The Labute approximate surface area is 137 Å². The number of hydrogen-bond donors (Lipinski definition) is 0. The number of rotatable bonds is 8. The van der Waals surface area contributed by atoms with Crippen LogP contribution in [0.3, 0.4) is 0 Å². The molecule has 2 aromatic rings. The quantitative estimate of drug-likeness (QED) is 0.702. The van der Waals surface area contributed by atoms with Crippen LogP contribution in [0.15, 0.2) is 60.7 Å². The van der Waals surface area contributed by atoms with E-state index in [2.05, 4.69) is 17.0 Å². The van der Waals surface area contributed by atoms with Gasteiger partial charge in [-0.15, -0.1) is 0 Å². The lowest BCUT2D eigenvalue weighted by atomic mass is 10.2. The first-order valence-corrected chi connectivity index (χ1v) is 7.73. The normalized spacial score (nSPS) is 12.0. The number of ether oxygens (including phenoxy) is 2. The number of nitrogens with zero attached hydrogens (tertiary/aromatic N) is 1. The van der Waals surface area contributed by atoms with E-state index in [0.29, 0.717) is 12.3 Å². The van der Waals surface area contributed by atoms with Gasteiger partial charge in [0.25, 0.3) is 0 Å². The van der Waals surface area contributed by atoms with Gasteiger partial charge in [-0.25, -0.2) is 4.79 Å². The highest BCUT2D eigenvalue weighted by atomic mass is 16.6. The van der Waals surface area contributed by atoms with Crippen LogP contribution in [0.2, 0.25) is 0 Å². The van der Waals surface area contributed by atoms with Gasteiger partial charge in [-0.3, -0.25) is 4.90 Å². The Morgan fingerprint density at radius 2 is 1.65 bits per heavy atom. The van der Waals surface area contributed by atoms with Crippen LogP contribution >= 0.6 is 0 Å². The minimum atomic E-state index is -0.352. The molecule has 0 aliphatic carbocycles. The summed E-state index contributed by atoms with van der Waals surface area (Å²) in [6.45, 7) is 3.31. The zero-order chi connectivity index (χ0) is 16.5. The summed E-state index contributed by atoms with van der Waals surface area (Å²) in [5, 5.41) is 0. The largest absolute Gasteiger partial charge is 0.482 e. The summed E-state index contributed by atoms with van der Waals surface area (Å²) in [6.07, 6.45) is -0.185. The number of para-hydroxylation sites is 1. The lowest BCUT2D eigenvalue weighted by Crippen LogP contribution is -2.31. The number of likely N-dealkylation sites (N-methyl/N-ethyl adjacent to an activating group) is 1. The lowest BCUT2D eigenvalue weighted by Gasteiger charge is -2.21. The number of benzene rings is 2. The number of hydrogen-bond acceptors (Lipinski definition) is 4. The second kappa shape index (κ2) is 8.96. The highest BCUT2D eigenvalue weighted by Crippen LogP contribution is 2.08. The molecule has 0 fully saturated rings. The van der Waals surface area contributed by atoms with Crippen molar-refractivity contribution in [2.24, 2.45) is 0 Å². The summed E-state index contributed by atoms with van der Waals surface area (Å²) in [7, 11) is 2.01. The molecule has 4 nitrogen and oxygen atoms in total. The molecule has 2 aromatic carbocycles. The highest BCUT2D eigenvalue weighted by Gasteiger charge is 2.12. The van der Waals surface area contributed by atoms with Crippen molar-refractivity contribution in [3.8, 4) is 5.75 Å². The third-order valence-corrected chi connectivity index (χ3v) is 3.30. The maximum absolute atomic E-state index is 11.8. The predicted octanol–water partition coefficient (Wildman–Crippen LogP) is 3.13. The zero-order valence-corrected chi connectivity index (χ0v) is 13.6. The van der Waals surface area contributed by atoms with Gasteiger partial charge in [0.05, 0.1) is 0 Å². The molecule has 0 saturated heterocycles. The standard InChI is InChI=1S/C19H23NO3/c1-16(13-20(2)14-17-9-5-3-6-10-17)23-19(21)15-22-18-11-7-4-8-12-18/h3-12,16H,13-15H2,1-2H3/t16-/m0/s1. The van der Waals surface area contributed by atoms with Crippen LogP contribution in [0.5, 0.6) is 5.75 Å². The minimum Gasteiger partial charge on any atom is -0.482 e. The first kappa shape index (κ1) is 17.0. The van der Waals surface area contributed by atoms with Crippen LogP contribution < -0.4 is 4.74 Å². The van der Waals surface area contributed by atoms with E-state index in [1.807, 2.05) is 62.5 Å². The molecule has 0 N–H and O–H groups in total. The molecule has 0 aliphatic heterocycles. The van der Waals surface area contributed by atoms with E-state index in [4.69, 9.17) is 9.47 Å². The van der Waals surface area contributed by atoms with Crippen molar-refractivity contribution in [2.75, 3.05) is 20.2 Å². The first-order valence-electron chi connectivity index (χ1n) is 7.73. The molecule has 0 amide bonds. The molecule has 2 rings (SSSR count). The molecular formula is C19H23NO3. The Hall–Kier alpha value is -2.33. The SMILES string of the molecule is C[C@@H](CN(C)Cc1ccccc1)OC(=O)COc1ccccc1. The summed E-state index contributed by atoms with van der Waals surface area (Å²) in [5.41, 5.74) is 1.24. The second-order valence-electron chi connectivity index (χ2n) is 5.58. The van der Waals surface area contributed by atoms with E-state index in [1.165, 1.54) is 5.56 Å². The number of esters is 1. The highest BCUT2D eigenvalue weighted by molar-refractivity contribution is 5.71. The first-order chi connectivity index (χ1) is 11.1. The molecule has 122 valence electrons. The zero-order valence-electron chi connectivity index (χ0n) is 13.6. The van der Waals surface area contributed by atoms with Crippen molar-refractivity contribution in [1.29, 1.82) is 0 Å². The van der Waals surface area contributed by atoms with Gasteiger partial charge in [-0.1, -0.05) is 48.5 Å². The van der Waals surface area contributed by atoms with Gasteiger partial charge in [-0.05, 0) is 31.7 Å². The van der Waals surface area contributed by atoms with Crippen molar-refractivity contribution in [3.05, 3.63) is 66.2 Å². The van der Waals surface area contributed by atoms with Crippen molar-refractivity contribution >= 4 is 5.97 Å². The molecule has 0 bridgehead atoms. The van der Waals surface area contributed by atoms with E-state index in [0.717, 1.165) is 6.54 Å². The molecule has 0 radical (unpaired) electrons. The van der Waals surface area contributed by atoms with Gasteiger partial charge in [0.15, 0.2) is 6.61 Å². The van der Waals surface area contributed by atoms with Crippen LogP contribution in [0.4, 0.5) is 0 Å². The summed E-state index contributed by atoms with van der Waals surface area (Å²) in [4.78, 5) is 13.9. The summed E-state index contributed by atoms with van der Waals surface area (Å²) < 4.78 is 10.8. The van der Waals surface area contributed by atoms with Gasteiger partial charge >= 0.3 is 5.97 Å². The fraction of sp³-hybridized carbons (Fsp3) is 0.316. The van der Waals surface area contributed by atoms with Crippen molar-refractivity contribution in [2.45, 2.75) is 19.6 Å². The third kappa shape index (κ3) is 6.53. The Morgan fingerprint density at radius 3 is 2.30 bits per heavy atom. The number of carbonyl (C=O) groups is 1. The van der Waals surface area contributed by atoms with Crippen molar-refractivity contribution in [1.82, 2.24) is 4.90 Å². The molecule has 1 atom stereocenters. The van der Waals surface area contributed by atoms with E-state index < -0.39 is 0 Å². The van der Waals surface area contributed by atoms with E-state index >= 15 is 0 Å². The maximum atomic E-state index is 11.8. The van der Waals surface area contributed by atoms with Crippen molar-refractivity contribution < 1.29 is 14.3 Å². The molecule has 0 saturated carbocycles. The predicted molar refractivity (Wildman–Crippen MR) is 90.3 cm³/mol. The summed E-state index contributed by atoms with van der Waals surface area (Å²) in [5.74, 6) is 0.313. The Balaban J connectivity index is 1.69. The monoisotopic (exact) mass is 313 g/mol. The van der Waals surface area contributed by atoms with Crippen LogP contribution in [-0.2, 0) is 16.1 Å². The van der Waals surface area contributed by atoms with Gasteiger partial charge in [0, 0.05) is 13.1 Å². The van der Waals surface area contributed by atoms with Crippen LogP contribution in [0.25, 0.3) is 0 Å². The third-order valence-electron chi connectivity index (χ3n) is 3.30. The average molecular weight is 313 g/mol. The van der Waals surface area contributed by atoms with Crippen LogP contribution in [0, 0.1) is 0 Å². The average Bonchev–Trinajstić information content (AvgIpc) is 2.54. The minimum absolute atomic E-state index is 0.0727. The van der Waals surface area contributed by atoms with Gasteiger partial charge < -0.3 is 9.47 Å². The fourth-order valence-corrected chi connectivity index (χ4v) is 2.35. The Morgan fingerprint density at radius 1 is 1.04 bits per heavy atom. The van der Waals surface area contributed by atoms with E-state index in [-0.39, 0.29) is 18.7 Å². The smallest absolute Gasteiger partial charge is 0.344 e. The molecule has 0 spiro atoms. The van der Waals surface area contributed by atoms with Gasteiger partial charge in [-0.2, -0.15) is 0 Å². The van der Waals surface area contributed by atoms with Crippen LogP contribution in [-0.4, -0.2) is 37.2 Å².